The molecule has 0 fully saturated rings. The summed E-state index contributed by atoms with van der Waals surface area (Å²) in [7, 11) is 1.41. The summed E-state index contributed by atoms with van der Waals surface area (Å²) in [5, 5.41) is 0. The van der Waals surface area contributed by atoms with Crippen LogP contribution in [0.2, 0.25) is 0 Å². The van der Waals surface area contributed by atoms with Crippen molar-refractivity contribution in [1.29, 1.82) is 0 Å². The third-order valence-corrected chi connectivity index (χ3v) is 3.33. The first kappa shape index (κ1) is 14.3. The quantitative estimate of drug-likeness (QED) is 0.849. The van der Waals surface area contributed by atoms with Crippen molar-refractivity contribution in [1.82, 2.24) is 4.57 Å². The highest BCUT2D eigenvalue weighted by atomic mass is 16.5. The van der Waals surface area contributed by atoms with Crippen LogP contribution in [0.15, 0.2) is 42.7 Å². The average molecular weight is 272 g/mol. The molecular formula is C16H20N2O2. The molecule has 1 aromatic carbocycles. The lowest BCUT2D eigenvalue weighted by Crippen LogP contribution is -2.08. The zero-order valence-corrected chi connectivity index (χ0v) is 11.9. The van der Waals surface area contributed by atoms with Crippen molar-refractivity contribution in [3.05, 3.63) is 59.4 Å². The fraction of sp³-hybridized carbons (Fsp3) is 0.312. The highest BCUT2D eigenvalue weighted by Crippen LogP contribution is 2.15. The van der Waals surface area contributed by atoms with E-state index in [-0.39, 0.29) is 12.0 Å². The number of methoxy groups -OCH3 is 1. The Hall–Kier alpha value is -2.07. The first-order valence-corrected chi connectivity index (χ1v) is 6.65. The van der Waals surface area contributed by atoms with Gasteiger partial charge in [0.2, 0.25) is 0 Å². The van der Waals surface area contributed by atoms with Gasteiger partial charge < -0.3 is 15.0 Å². The second kappa shape index (κ2) is 6.39. The van der Waals surface area contributed by atoms with Crippen LogP contribution in [0.3, 0.4) is 0 Å². The molecule has 4 heteroatoms. The van der Waals surface area contributed by atoms with E-state index in [1.54, 1.807) is 0 Å². The third kappa shape index (κ3) is 3.48. The fourth-order valence-electron chi connectivity index (χ4n) is 2.14. The molecule has 0 aliphatic heterocycles. The number of nitrogens with zero attached hydrogens (tertiary/aromatic N) is 1. The summed E-state index contributed by atoms with van der Waals surface area (Å²) in [6.07, 6.45) is 4.35. The Morgan fingerprint density at radius 1 is 1.30 bits per heavy atom. The maximum Gasteiger partial charge on any atom is 0.309 e. The lowest BCUT2D eigenvalue weighted by Gasteiger charge is -2.10. The van der Waals surface area contributed by atoms with Gasteiger partial charge in [0.25, 0.3) is 0 Å². The minimum absolute atomic E-state index is 0.0292. The van der Waals surface area contributed by atoms with E-state index < -0.39 is 0 Å². The van der Waals surface area contributed by atoms with E-state index in [1.807, 2.05) is 49.6 Å². The zero-order valence-electron chi connectivity index (χ0n) is 11.9. The summed E-state index contributed by atoms with van der Waals surface area (Å²) in [5.74, 6) is -0.221. The van der Waals surface area contributed by atoms with Crippen molar-refractivity contribution >= 4 is 5.97 Å². The van der Waals surface area contributed by atoms with Crippen LogP contribution in [0, 0.1) is 0 Å². The molecule has 20 heavy (non-hydrogen) atoms. The monoisotopic (exact) mass is 272 g/mol. The second-order valence-corrected chi connectivity index (χ2v) is 4.93. The molecule has 1 unspecified atom stereocenters. The summed E-state index contributed by atoms with van der Waals surface area (Å²) in [4.78, 5) is 11.4. The van der Waals surface area contributed by atoms with E-state index in [4.69, 9.17) is 10.5 Å². The number of aromatic nitrogens is 1. The molecule has 1 atom stereocenters. The Kier molecular flexibility index (Phi) is 4.58. The van der Waals surface area contributed by atoms with Crippen LogP contribution in [-0.2, 0) is 22.5 Å². The minimum atomic E-state index is -0.221. The smallest absolute Gasteiger partial charge is 0.309 e. The van der Waals surface area contributed by atoms with E-state index in [2.05, 4.69) is 4.57 Å². The van der Waals surface area contributed by atoms with Gasteiger partial charge in [0.1, 0.15) is 0 Å². The van der Waals surface area contributed by atoms with Crippen LogP contribution < -0.4 is 5.73 Å². The summed E-state index contributed by atoms with van der Waals surface area (Å²) >= 11 is 0. The third-order valence-electron chi connectivity index (χ3n) is 3.33. The molecule has 0 aliphatic rings. The first-order chi connectivity index (χ1) is 9.60. The molecule has 4 nitrogen and oxygen atoms in total. The SMILES string of the molecule is COC(=O)Cc1ccccc1Cn1ccc(C(C)N)c1. The summed E-state index contributed by atoms with van der Waals surface area (Å²) in [6, 6.07) is 9.96. The van der Waals surface area contributed by atoms with E-state index in [0.717, 1.165) is 23.2 Å². The Labute approximate surface area is 119 Å². The minimum Gasteiger partial charge on any atom is -0.469 e. The van der Waals surface area contributed by atoms with Crippen molar-refractivity contribution in [3.63, 3.8) is 0 Å². The van der Waals surface area contributed by atoms with Crippen molar-refractivity contribution in [2.45, 2.75) is 25.9 Å². The Balaban J connectivity index is 2.17. The van der Waals surface area contributed by atoms with Crippen LogP contribution in [0.25, 0.3) is 0 Å². The lowest BCUT2D eigenvalue weighted by molar-refractivity contribution is -0.139. The molecule has 0 saturated carbocycles. The maximum absolute atomic E-state index is 11.4. The number of carbonyl (C=O) groups excluding carboxylic acids is 1. The van der Waals surface area contributed by atoms with Gasteiger partial charge in [-0.3, -0.25) is 4.79 Å². The summed E-state index contributed by atoms with van der Waals surface area (Å²) in [5.41, 5.74) is 9.08. The predicted octanol–water partition coefficient (Wildman–Crippen LogP) is 2.27. The van der Waals surface area contributed by atoms with E-state index in [9.17, 15) is 4.79 Å². The second-order valence-electron chi connectivity index (χ2n) is 4.93. The number of benzene rings is 1. The lowest BCUT2D eigenvalue weighted by atomic mass is 10.0. The van der Waals surface area contributed by atoms with Gasteiger partial charge in [-0.1, -0.05) is 24.3 Å². The van der Waals surface area contributed by atoms with Crippen LogP contribution >= 0.6 is 0 Å². The molecule has 2 rings (SSSR count). The maximum atomic E-state index is 11.4. The molecule has 0 spiro atoms. The molecule has 1 aromatic heterocycles. The van der Waals surface area contributed by atoms with Crippen LogP contribution in [0.1, 0.15) is 29.7 Å². The Morgan fingerprint density at radius 3 is 2.60 bits per heavy atom. The van der Waals surface area contributed by atoms with Gasteiger partial charge in [-0.25, -0.2) is 0 Å². The molecule has 0 bridgehead atoms. The molecule has 2 N–H and O–H groups in total. The largest absolute Gasteiger partial charge is 0.469 e. The topological polar surface area (TPSA) is 57.2 Å². The van der Waals surface area contributed by atoms with Crippen LogP contribution in [0.5, 0.6) is 0 Å². The van der Waals surface area contributed by atoms with Gasteiger partial charge in [0, 0.05) is 25.0 Å². The van der Waals surface area contributed by atoms with Gasteiger partial charge in [0.05, 0.1) is 13.5 Å². The molecule has 0 saturated heterocycles. The normalized spacial score (nSPS) is 12.2. The number of carbonyl (C=O) groups is 1. The average Bonchev–Trinajstić information content (AvgIpc) is 2.89. The number of rotatable bonds is 5. The summed E-state index contributed by atoms with van der Waals surface area (Å²) < 4.78 is 6.81. The number of esters is 1. The van der Waals surface area contributed by atoms with Crippen LogP contribution in [-0.4, -0.2) is 17.6 Å². The molecule has 0 amide bonds. The first-order valence-electron chi connectivity index (χ1n) is 6.65. The number of hydrogen-bond donors (Lipinski definition) is 1. The molecule has 106 valence electrons. The standard InChI is InChI=1S/C16H20N2O2/c1-12(17)14-7-8-18(10-14)11-15-6-4-3-5-13(15)9-16(19)20-2/h3-8,10,12H,9,11,17H2,1-2H3. The van der Waals surface area contributed by atoms with Crippen molar-refractivity contribution < 1.29 is 9.53 Å². The summed E-state index contributed by atoms with van der Waals surface area (Å²) in [6.45, 7) is 2.69. The van der Waals surface area contributed by atoms with Gasteiger partial charge in [-0.15, -0.1) is 0 Å². The highest BCUT2D eigenvalue weighted by molar-refractivity contribution is 5.72. The predicted molar refractivity (Wildman–Crippen MR) is 78.3 cm³/mol. The highest BCUT2D eigenvalue weighted by Gasteiger charge is 2.09. The van der Waals surface area contributed by atoms with Crippen LogP contribution in [0.4, 0.5) is 0 Å². The Morgan fingerprint density at radius 2 is 2.00 bits per heavy atom. The zero-order chi connectivity index (χ0) is 14.5. The van der Waals surface area contributed by atoms with Crippen molar-refractivity contribution in [2.75, 3.05) is 7.11 Å². The molecule has 0 radical (unpaired) electrons. The number of hydrogen-bond acceptors (Lipinski definition) is 3. The molecule has 2 aromatic rings. The van der Waals surface area contributed by atoms with Crippen molar-refractivity contribution in [2.24, 2.45) is 5.73 Å². The Bertz CT molecular complexity index is 588. The molecule has 1 heterocycles. The van der Waals surface area contributed by atoms with Gasteiger partial charge in [0.15, 0.2) is 0 Å². The molecular weight excluding hydrogens is 252 g/mol. The van der Waals surface area contributed by atoms with E-state index >= 15 is 0 Å². The van der Waals surface area contributed by atoms with Gasteiger partial charge in [-0.2, -0.15) is 0 Å². The van der Waals surface area contributed by atoms with E-state index in [0.29, 0.717) is 6.42 Å². The van der Waals surface area contributed by atoms with E-state index in [1.165, 1.54) is 7.11 Å². The van der Waals surface area contributed by atoms with Crippen molar-refractivity contribution in [3.8, 4) is 0 Å². The number of nitrogens with two attached hydrogens (primary N) is 1. The van der Waals surface area contributed by atoms with Gasteiger partial charge in [-0.05, 0) is 29.7 Å². The fourth-order valence-corrected chi connectivity index (χ4v) is 2.14. The number of ether oxygens (including phenoxy) is 1. The van der Waals surface area contributed by atoms with Gasteiger partial charge >= 0.3 is 5.97 Å². The molecule has 0 aliphatic carbocycles.